The van der Waals surface area contributed by atoms with Gasteiger partial charge in [-0.05, 0) is 61.1 Å². The van der Waals surface area contributed by atoms with Gasteiger partial charge in [0.1, 0.15) is 11.6 Å². The van der Waals surface area contributed by atoms with Crippen LogP contribution in [0.1, 0.15) is 34.3 Å². The molecule has 2 aromatic carbocycles. The second-order valence-corrected chi connectivity index (χ2v) is 6.68. The maximum absolute atomic E-state index is 14.6. The first-order valence-electron chi connectivity index (χ1n) is 8.53. The lowest BCUT2D eigenvalue weighted by Crippen LogP contribution is -2.44. The molecule has 138 valence electrons. The van der Waals surface area contributed by atoms with Gasteiger partial charge in [-0.25, -0.2) is 8.78 Å². The van der Waals surface area contributed by atoms with Crippen LogP contribution < -0.4 is 16.8 Å². The first kappa shape index (κ1) is 19.0. The van der Waals surface area contributed by atoms with E-state index < -0.39 is 22.9 Å². The lowest BCUT2D eigenvalue weighted by Gasteiger charge is -2.35. The van der Waals surface area contributed by atoms with Crippen LogP contribution >= 0.6 is 0 Å². The van der Waals surface area contributed by atoms with Crippen molar-refractivity contribution in [3.63, 3.8) is 0 Å². The summed E-state index contributed by atoms with van der Waals surface area (Å²) in [6, 6.07) is 6.59. The van der Waals surface area contributed by atoms with Crippen molar-refractivity contribution in [1.29, 1.82) is 0 Å². The van der Waals surface area contributed by atoms with Gasteiger partial charge in [0.2, 0.25) is 0 Å². The molecule has 1 fully saturated rings. The molecule has 2 radical (unpaired) electrons. The number of nitrogens with two attached hydrogens (primary N) is 2. The predicted molar refractivity (Wildman–Crippen MR) is 103 cm³/mol. The van der Waals surface area contributed by atoms with Crippen molar-refractivity contribution < 1.29 is 13.6 Å². The van der Waals surface area contributed by atoms with E-state index in [4.69, 9.17) is 19.3 Å². The molecule has 1 unspecified atom stereocenters. The topological polar surface area (TPSA) is 93.5 Å². The largest absolute Gasteiger partial charge is 0.398 e. The first-order chi connectivity index (χ1) is 12.8. The van der Waals surface area contributed by atoms with Gasteiger partial charge < -0.3 is 16.8 Å². The smallest absolute Gasteiger partial charge is 0.250 e. The second kappa shape index (κ2) is 7.48. The number of aliphatic imine (C=N–C) groups is 1. The quantitative estimate of drug-likeness (QED) is 0.439. The van der Waals surface area contributed by atoms with Gasteiger partial charge in [-0.15, -0.1) is 0 Å². The van der Waals surface area contributed by atoms with E-state index in [1.54, 1.807) is 12.1 Å². The number of hydrogen-bond acceptors (Lipinski definition) is 4. The predicted octanol–water partition coefficient (Wildman–Crippen LogP) is 2.14. The number of nitrogens with one attached hydrogen (secondary N) is 1. The molecule has 2 aromatic rings. The van der Waals surface area contributed by atoms with E-state index in [0.717, 1.165) is 25.1 Å². The van der Waals surface area contributed by atoms with E-state index in [1.165, 1.54) is 12.3 Å². The Morgan fingerprint density at radius 3 is 2.70 bits per heavy atom. The highest BCUT2D eigenvalue weighted by atomic mass is 19.1. The molecule has 1 heterocycles. The van der Waals surface area contributed by atoms with Crippen molar-refractivity contribution >= 4 is 31.3 Å². The van der Waals surface area contributed by atoms with Gasteiger partial charge in [0, 0.05) is 11.8 Å². The fourth-order valence-electron chi connectivity index (χ4n) is 3.24. The highest BCUT2D eigenvalue weighted by Gasteiger charge is 2.30. The van der Waals surface area contributed by atoms with Gasteiger partial charge in [-0.1, -0.05) is 6.07 Å². The SMILES string of the molecule is [B]C1(c2ccc(N=Cc3cc(F)cc(C(N)=O)c3N)cc2F)CCCNC1. The van der Waals surface area contributed by atoms with E-state index >= 15 is 0 Å². The standard InChI is InChI=1S/C19H19BF2N4O/c20-19(4-1-5-25-10-19)15-3-2-13(8-16(15)22)26-9-11-6-12(21)7-14(17(11)23)18(24)27/h2-3,6-9,25H,1,4-5,10,23H2,(H2,24,27). The van der Waals surface area contributed by atoms with Crippen LogP contribution in [0.15, 0.2) is 35.3 Å². The fraction of sp³-hybridized carbons (Fsp3) is 0.263. The molecule has 1 aliphatic rings. The van der Waals surface area contributed by atoms with E-state index in [1.807, 2.05) is 0 Å². The molecule has 0 spiro atoms. The zero-order valence-corrected chi connectivity index (χ0v) is 14.6. The van der Waals surface area contributed by atoms with Gasteiger partial charge in [0.05, 0.1) is 24.8 Å². The Balaban J connectivity index is 1.89. The normalized spacial score (nSPS) is 20.1. The van der Waals surface area contributed by atoms with Crippen molar-refractivity contribution in [3.8, 4) is 0 Å². The fourth-order valence-corrected chi connectivity index (χ4v) is 3.24. The Morgan fingerprint density at radius 2 is 2.07 bits per heavy atom. The van der Waals surface area contributed by atoms with Gasteiger partial charge >= 0.3 is 0 Å². The van der Waals surface area contributed by atoms with E-state index in [2.05, 4.69) is 10.3 Å². The third-order valence-corrected chi connectivity index (χ3v) is 4.70. The molecule has 1 aliphatic heterocycles. The van der Waals surface area contributed by atoms with Crippen molar-refractivity contribution in [2.24, 2.45) is 10.7 Å². The maximum Gasteiger partial charge on any atom is 0.250 e. The van der Waals surface area contributed by atoms with Crippen LogP contribution in [-0.4, -0.2) is 33.1 Å². The Labute approximate surface area is 157 Å². The number of halogens is 2. The summed E-state index contributed by atoms with van der Waals surface area (Å²) < 4.78 is 28.2. The van der Waals surface area contributed by atoms with Crippen LogP contribution in [-0.2, 0) is 5.31 Å². The van der Waals surface area contributed by atoms with Crippen molar-refractivity contribution in [2.45, 2.75) is 18.2 Å². The molecular weight excluding hydrogens is 349 g/mol. The van der Waals surface area contributed by atoms with Crippen molar-refractivity contribution in [3.05, 3.63) is 58.7 Å². The van der Waals surface area contributed by atoms with E-state index in [-0.39, 0.29) is 16.8 Å². The summed E-state index contributed by atoms with van der Waals surface area (Å²) in [6.07, 6.45) is 2.83. The van der Waals surface area contributed by atoms with Crippen LogP contribution in [0.3, 0.4) is 0 Å². The molecule has 0 aliphatic carbocycles. The number of hydrogen-bond donors (Lipinski definition) is 3. The Bertz CT molecular complexity index is 911. The average molecular weight is 368 g/mol. The van der Waals surface area contributed by atoms with Crippen LogP contribution in [0.25, 0.3) is 0 Å². The minimum absolute atomic E-state index is 0.0129. The minimum Gasteiger partial charge on any atom is -0.398 e. The van der Waals surface area contributed by atoms with E-state index in [9.17, 15) is 13.6 Å². The molecule has 0 bridgehead atoms. The zero-order valence-electron chi connectivity index (χ0n) is 14.6. The summed E-state index contributed by atoms with van der Waals surface area (Å²) in [6.45, 7) is 1.37. The monoisotopic (exact) mass is 368 g/mol. The van der Waals surface area contributed by atoms with Gasteiger partial charge in [-0.3, -0.25) is 9.79 Å². The molecule has 5 N–H and O–H groups in total. The molecule has 5 nitrogen and oxygen atoms in total. The molecule has 3 rings (SSSR count). The maximum atomic E-state index is 14.6. The summed E-state index contributed by atoms with van der Waals surface area (Å²) in [5, 5.41) is 2.42. The second-order valence-electron chi connectivity index (χ2n) is 6.68. The molecular formula is C19H19BF2N4O. The molecule has 1 saturated heterocycles. The van der Waals surface area contributed by atoms with Crippen LogP contribution in [0, 0.1) is 11.6 Å². The number of nitrogens with zero attached hydrogens (tertiary/aromatic N) is 1. The Hall–Kier alpha value is -2.74. The molecule has 1 amide bonds. The zero-order chi connectivity index (χ0) is 19.6. The van der Waals surface area contributed by atoms with Gasteiger partial charge in [0.25, 0.3) is 5.91 Å². The van der Waals surface area contributed by atoms with Crippen LogP contribution in [0.5, 0.6) is 0 Å². The Morgan fingerprint density at radius 1 is 1.30 bits per heavy atom. The number of carbonyl (C=O) groups excluding carboxylic acids is 1. The molecule has 0 aromatic heterocycles. The number of carbonyl (C=O) groups is 1. The number of anilines is 1. The highest BCUT2D eigenvalue weighted by Crippen LogP contribution is 2.31. The summed E-state index contributed by atoms with van der Waals surface area (Å²) >= 11 is 0. The highest BCUT2D eigenvalue weighted by molar-refractivity contribution is 6.16. The van der Waals surface area contributed by atoms with Crippen molar-refractivity contribution in [1.82, 2.24) is 5.32 Å². The van der Waals surface area contributed by atoms with Gasteiger partial charge in [0.15, 0.2) is 0 Å². The van der Waals surface area contributed by atoms with Crippen molar-refractivity contribution in [2.75, 3.05) is 18.8 Å². The third-order valence-electron chi connectivity index (χ3n) is 4.70. The summed E-state index contributed by atoms with van der Waals surface area (Å²) in [4.78, 5) is 15.5. The minimum atomic E-state index is -0.841. The third kappa shape index (κ3) is 4.00. The number of rotatable bonds is 4. The lowest BCUT2D eigenvalue weighted by atomic mass is 9.60. The molecule has 1 atom stereocenters. The Kier molecular flexibility index (Phi) is 5.27. The van der Waals surface area contributed by atoms with Gasteiger partial charge in [-0.2, -0.15) is 0 Å². The summed E-state index contributed by atoms with van der Waals surface area (Å²) in [5.41, 5.74) is 11.8. The number of nitrogen functional groups attached to an aromatic ring is 1. The summed E-state index contributed by atoms with van der Waals surface area (Å²) in [7, 11) is 6.33. The first-order valence-corrected chi connectivity index (χ1v) is 8.53. The van der Waals surface area contributed by atoms with E-state index in [0.29, 0.717) is 24.2 Å². The number of piperidine rings is 1. The molecule has 8 heteroatoms. The molecule has 27 heavy (non-hydrogen) atoms. The lowest BCUT2D eigenvalue weighted by molar-refractivity contribution is 0.100. The number of amides is 1. The number of primary amides is 1. The number of benzene rings is 2. The summed E-state index contributed by atoms with van der Waals surface area (Å²) in [5.74, 6) is -1.97. The van der Waals surface area contributed by atoms with Crippen LogP contribution in [0.2, 0.25) is 0 Å². The average Bonchev–Trinajstić information content (AvgIpc) is 2.62. The van der Waals surface area contributed by atoms with Crippen LogP contribution in [0.4, 0.5) is 20.2 Å². The molecule has 0 saturated carbocycles.